The van der Waals surface area contributed by atoms with Gasteiger partial charge in [0.2, 0.25) is 0 Å². The molecular weight excluding hydrogens is 395 g/mol. The van der Waals surface area contributed by atoms with Gasteiger partial charge in [0.15, 0.2) is 0 Å². The second-order valence-electron chi connectivity index (χ2n) is 6.91. The molecule has 140 valence electrons. The summed E-state index contributed by atoms with van der Waals surface area (Å²) in [6.45, 7) is 5.02. The number of hydrogen-bond acceptors (Lipinski definition) is 3. The van der Waals surface area contributed by atoms with Crippen LogP contribution in [0.3, 0.4) is 0 Å². The van der Waals surface area contributed by atoms with Gasteiger partial charge in [-0.1, -0.05) is 28.1 Å². The summed E-state index contributed by atoms with van der Waals surface area (Å²) < 4.78 is 21.0. The van der Waals surface area contributed by atoms with Gasteiger partial charge in [-0.3, -0.25) is 4.90 Å². The number of methoxy groups -OCH3 is 1. The Morgan fingerprint density at radius 3 is 2.54 bits per heavy atom. The molecule has 3 rings (SSSR count). The van der Waals surface area contributed by atoms with E-state index in [0.717, 1.165) is 66.1 Å². The van der Waals surface area contributed by atoms with Crippen molar-refractivity contribution in [1.82, 2.24) is 9.80 Å². The van der Waals surface area contributed by atoms with Crippen LogP contribution in [0.1, 0.15) is 16.7 Å². The third-order valence-corrected chi connectivity index (χ3v) is 5.59. The van der Waals surface area contributed by atoms with Gasteiger partial charge in [-0.2, -0.15) is 0 Å². The van der Waals surface area contributed by atoms with Gasteiger partial charge in [0.05, 0.1) is 7.11 Å². The Hall–Kier alpha value is -1.43. The van der Waals surface area contributed by atoms with Gasteiger partial charge in [-0.25, -0.2) is 4.39 Å². The molecular formula is C21H26BrFN2O. The van der Waals surface area contributed by atoms with E-state index in [9.17, 15) is 4.39 Å². The zero-order valence-corrected chi connectivity index (χ0v) is 17.1. The number of likely N-dealkylation sites (N-methyl/N-ethyl adjacent to an activating group) is 1. The maximum Gasteiger partial charge on any atom is 0.126 e. The van der Waals surface area contributed by atoms with Crippen LogP contribution < -0.4 is 4.74 Å². The minimum Gasteiger partial charge on any atom is -0.496 e. The molecule has 0 atom stereocenters. The van der Waals surface area contributed by atoms with Crippen LogP contribution in [0.5, 0.6) is 5.75 Å². The SMILES string of the molecule is COc1ccc(Br)cc1CCc1c(F)cccc1CN1CCN(C)CC1. The van der Waals surface area contributed by atoms with E-state index in [1.54, 1.807) is 13.2 Å². The van der Waals surface area contributed by atoms with Crippen LogP contribution in [0, 0.1) is 5.82 Å². The molecule has 1 aliphatic rings. The van der Waals surface area contributed by atoms with Crippen LogP contribution in [0.4, 0.5) is 4.39 Å². The van der Waals surface area contributed by atoms with E-state index in [-0.39, 0.29) is 5.82 Å². The monoisotopic (exact) mass is 420 g/mol. The number of ether oxygens (including phenoxy) is 1. The van der Waals surface area contributed by atoms with Gasteiger partial charge in [0.1, 0.15) is 11.6 Å². The van der Waals surface area contributed by atoms with Crippen LogP contribution in [0.2, 0.25) is 0 Å². The van der Waals surface area contributed by atoms with Crippen molar-refractivity contribution < 1.29 is 9.13 Å². The third-order valence-electron chi connectivity index (χ3n) is 5.09. The van der Waals surface area contributed by atoms with E-state index in [0.29, 0.717) is 6.42 Å². The van der Waals surface area contributed by atoms with Gasteiger partial charge < -0.3 is 9.64 Å². The molecule has 1 saturated heterocycles. The summed E-state index contributed by atoms with van der Waals surface area (Å²) in [5.74, 6) is 0.746. The molecule has 0 saturated carbocycles. The number of benzene rings is 2. The summed E-state index contributed by atoms with van der Waals surface area (Å²) >= 11 is 3.51. The van der Waals surface area contributed by atoms with E-state index in [4.69, 9.17) is 4.74 Å². The molecule has 0 N–H and O–H groups in total. The maximum absolute atomic E-state index is 14.6. The number of rotatable bonds is 6. The van der Waals surface area contributed by atoms with Crippen molar-refractivity contribution in [3.05, 3.63) is 63.4 Å². The summed E-state index contributed by atoms with van der Waals surface area (Å²) in [4.78, 5) is 4.75. The Morgan fingerprint density at radius 2 is 1.81 bits per heavy atom. The number of halogens is 2. The summed E-state index contributed by atoms with van der Waals surface area (Å²) in [6, 6.07) is 11.4. The van der Waals surface area contributed by atoms with Crippen molar-refractivity contribution in [3.8, 4) is 5.75 Å². The van der Waals surface area contributed by atoms with E-state index < -0.39 is 0 Å². The average Bonchev–Trinajstić information content (AvgIpc) is 2.63. The van der Waals surface area contributed by atoms with E-state index in [2.05, 4.69) is 44.9 Å². The van der Waals surface area contributed by atoms with Gasteiger partial charge in [-0.15, -0.1) is 0 Å². The first-order valence-corrected chi connectivity index (χ1v) is 9.85. The highest BCUT2D eigenvalue weighted by Crippen LogP contribution is 2.26. The van der Waals surface area contributed by atoms with Crippen molar-refractivity contribution >= 4 is 15.9 Å². The average molecular weight is 421 g/mol. The van der Waals surface area contributed by atoms with Crippen molar-refractivity contribution in [2.24, 2.45) is 0 Å². The van der Waals surface area contributed by atoms with Gasteiger partial charge in [0.25, 0.3) is 0 Å². The lowest BCUT2D eigenvalue weighted by Gasteiger charge is -2.32. The molecule has 0 unspecified atom stereocenters. The number of piperazine rings is 1. The fraction of sp³-hybridized carbons (Fsp3) is 0.429. The second-order valence-corrected chi connectivity index (χ2v) is 7.83. The molecule has 2 aromatic rings. The lowest BCUT2D eigenvalue weighted by molar-refractivity contribution is 0.148. The zero-order chi connectivity index (χ0) is 18.5. The molecule has 1 fully saturated rings. The Balaban J connectivity index is 1.74. The largest absolute Gasteiger partial charge is 0.496 e. The first kappa shape index (κ1) is 19.3. The minimum atomic E-state index is -0.106. The van der Waals surface area contributed by atoms with Gasteiger partial charge in [0, 0.05) is 37.2 Å². The molecule has 0 bridgehead atoms. The van der Waals surface area contributed by atoms with E-state index in [1.165, 1.54) is 0 Å². The molecule has 5 heteroatoms. The molecule has 1 aliphatic heterocycles. The Bertz CT molecular complexity index is 745. The molecule has 2 aromatic carbocycles. The first-order chi connectivity index (χ1) is 12.6. The summed E-state index contributed by atoms with van der Waals surface area (Å²) in [7, 11) is 3.82. The molecule has 3 nitrogen and oxygen atoms in total. The van der Waals surface area contributed by atoms with Crippen LogP contribution >= 0.6 is 15.9 Å². The van der Waals surface area contributed by atoms with Crippen LogP contribution in [-0.4, -0.2) is 50.1 Å². The minimum absolute atomic E-state index is 0.106. The second kappa shape index (κ2) is 8.98. The van der Waals surface area contributed by atoms with Gasteiger partial charge in [-0.05, 0) is 60.8 Å². The third kappa shape index (κ3) is 4.84. The van der Waals surface area contributed by atoms with Crippen molar-refractivity contribution in [1.29, 1.82) is 0 Å². The Labute approximate surface area is 163 Å². The van der Waals surface area contributed by atoms with Gasteiger partial charge >= 0.3 is 0 Å². The summed E-state index contributed by atoms with van der Waals surface area (Å²) in [6.07, 6.45) is 1.42. The van der Waals surface area contributed by atoms with E-state index in [1.807, 2.05) is 18.2 Å². The predicted molar refractivity (Wildman–Crippen MR) is 107 cm³/mol. The topological polar surface area (TPSA) is 15.7 Å². The molecule has 1 heterocycles. The quantitative estimate of drug-likeness (QED) is 0.698. The van der Waals surface area contributed by atoms with Crippen molar-refractivity contribution in [3.63, 3.8) is 0 Å². The zero-order valence-electron chi connectivity index (χ0n) is 15.5. The van der Waals surface area contributed by atoms with Crippen LogP contribution in [0.25, 0.3) is 0 Å². The predicted octanol–water partition coefficient (Wildman–Crippen LogP) is 4.13. The van der Waals surface area contributed by atoms with Crippen molar-refractivity contribution in [2.75, 3.05) is 40.3 Å². The molecule has 0 aliphatic carbocycles. The number of hydrogen-bond donors (Lipinski definition) is 0. The standard InChI is InChI=1S/C21H26BrFN2O/c1-24-10-12-25(13-11-24)15-17-4-3-5-20(23)19(17)8-6-16-14-18(22)7-9-21(16)26-2/h3-5,7,9,14H,6,8,10-13,15H2,1-2H3. The van der Waals surface area contributed by atoms with E-state index >= 15 is 0 Å². The molecule has 0 spiro atoms. The Morgan fingerprint density at radius 1 is 1.04 bits per heavy atom. The normalized spacial score (nSPS) is 16.0. The van der Waals surface area contributed by atoms with Crippen LogP contribution in [0.15, 0.2) is 40.9 Å². The highest BCUT2D eigenvalue weighted by molar-refractivity contribution is 9.10. The summed E-state index contributed by atoms with van der Waals surface area (Å²) in [5.41, 5.74) is 3.02. The van der Waals surface area contributed by atoms with Crippen LogP contribution in [-0.2, 0) is 19.4 Å². The molecule has 0 amide bonds. The lowest BCUT2D eigenvalue weighted by Crippen LogP contribution is -2.44. The number of aryl methyl sites for hydroxylation is 1. The lowest BCUT2D eigenvalue weighted by atomic mass is 9.98. The first-order valence-electron chi connectivity index (χ1n) is 9.06. The molecule has 0 radical (unpaired) electrons. The molecule has 26 heavy (non-hydrogen) atoms. The smallest absolute Gasteiger partial charge is 0.126 e. The fourth-order valence-corrected chi connectivity index (χ4v) is 3.89. The van der Waals surface area contributed by atoms with Crippen molar-refractivity contribution in [2.45, 2.75) is 19.4 Å². The number of nitrogens with zero attached hydrogens (tertiary/aromatic N) is 2. The maximum atomic E-state index is 14.6. The fourth-order valence-electron chi connectivity index (χ4n) is 3.48. The Kier molecular flexibility index (Phi) is 6.68. The molecule has 0 aromatic heterocycles. The highest BCUT2D eigenvalue weighted by atomic mass is 79.9. The highest BCUT2D eigenvalue weighted by Gasteiger charge is 2.17. The summed E-state index contributed by atoms with van der Waals surface area (Å²) in [5, 5.41) is 0.